The zero-order valence-electron chi connectivity index (χ0n) is 16.4. The molecule has 3 rings (SSSR count). The molecule has 158 valence electrons. The number of nitrogens with zero attached hydrogens (tertiary/aromatic N) is 3. The van der Waals surface area contributed by atoms with Gasteiger partial charge >= 0.3 is 0 Å². The van der Waals surface area contributed by atoms with Gasteiger partial charge in [0.15, 0.2) is 18.1 Å². The van der Waals surface area contributed by atoms with Gasteiger partial charge in [-0.25, -0.2) is 5.43 Å². The van der Waals surface area contributed by atoms with E-state index in [1.54, 1.807) is 36.4 Å². The molecule has 1 saturated heterocycles. The Hall–Kier alpha value is -3.66. The van der Waals surface area contributed by atoms with Crippen LogP contribution in [0.15, 0.2) is 47.6 Å². The number of benzene rings is 2. The fraction of sp³-hybridized carbons (Fsp3) is 0.300. The van der Waals surface area contributed by atoms with E-state index in [9.17, 15) is 14.9 Å². The predicted octanol–water partition coefficient (Wildman–Crippen LogP) is 1.97. The topological polar surface area (TPSA) is 116 Å². The lowest BCUT2D eigenvalue weighted by atomic mass is 10.1. The summed E-state index contributed by atoms with van der Waals surface area (Å²) >= 11 is 0. The van der Waals surface area contributed by atoms with Gasteiger partial charge in [-0.05, 0) is 18.2 Å². The SMILES string of the molecule is COc1ccccc1OCC(=O)N/N=C/c1ccc(N2CCOCC2)c([N+](=O)[O-])c1. The molecule has 1 aliphatic heterocycles. The highest BCUT2D eigenvalue weighted by molar-refractivity contribution is 5.85. The summed E-state index contributed by atoms with van der Waals surface area (Å²) in [5.74, 6) is 0.478. The van der Waals surface area contributed by atoms with Gasteiger partial charge in [0.05, 0.1) is 31.5 Å². The molecule has 0 atom stereocenters. The van der Waals surface area contributed by atoms with Crippen molar-refractivity contribution in [3.63, 3.8) is 0 Å². The number of rotatable bonds is 8. The Morgan fingerprint density at radius 1 is 1.27 bits per heavy atom. The van der Waals surface area contributed by atoms with Crippen LogP contribution in [0.25, 0.3) is 0 Å². The van der Waals surface area contributed by atoms with Crippen molar-refractivity contribution in [2.45, 2.75) is 0 Å². The van der Waals surface area contributed by atoms with Gasteiger partial charge in [0.25, 0.3) is 11.6 Å². The minimum Gasteiger partial charge on any atom is -0.493 e. The number of carbonyl (C=O) groups is 1. The molecular formula is C20H22N4O6. The highest BCUT2D eigenvalue weighted by atomic mass is 16.6. The van der Waals surface area contributed by atoms with E-state index in [0.29, 0.717) is 49.1 Å². The van der Waals surface area contributed by atoms with Crippen LogP contribution in [0.4, 0.5) is 11.4 Å². The molecule has 1 fully saturated rings. The average molecular weight is 414 g/mol. The number of hydrazone groups is 1. The van der Waals surface area contributed by atoms with E-state index < -0.39 is 10.8 Å². The second kappa shape index (κ2) is 10.2. The molecule has 2 aromatic carbocycles. The molecule has 1 aliphatic rings. The molecule has 0 unspecified atom stereocenters. The number of anilines is 1. The number of amides is 1. The van der Waals surface area contributed by atoms with Gasteiger partial charge in [0.2, 0.25) is 0 Å². The number of ether oxygens (including phenoxy) is 3. The quantitative estimate of drug-likeness (QED) is 0.399. The first-order valence-corrected chi connectivity index (χ1v) is 9.27. The molecule has 0 bridgehead atoms. The average Bonchev–Trinajstić information content (AvgIpc) is 2.78. The van der Waals surface area contributed by atoms with Gasteiger partial charge in [-0.1, -0.05) is 18.2 Å². The summed E-state index contributed by atoms with van der Waals surface area (Å²) in [7, 11) is 1.51. The normalized spacial score (nSPS) is 13.8. The van der Waals surface area contributed by atoms with Gasteiger partial charge in [-0.2, -0.15) is 5.10 Å². The van der Waals surface area contributed by atoms with Crippen LogP contribution >= 0.6 is 0 Å². The second-order valence-electron chi connectivity index (χ2n) is 6.34. The van der Waals surface area contributed by atoms with E-state index in [4.69, 9.17) is 14.2 Å². The highest BCUT2D eigenvalue weighted by Crippen LogP contribution is 2.29. The minimum absolute atomic E-state index is 0.0216. The van der Waals surface area contributed by atoms with Gasteiger partial charge < -0.3 is 19.1 Å². The van der Waals surface area contributed by atoms with Gasteiger partial charge in [-0.15, -0.1) is 0 Å². The molecule has 0 saturated carbocycles. The molecule has 10 nitrogen and oxygen atoms in total. The number of hydrogen-bond donors (Lipinski definition) is 1. The highest BCUT2D eigenvalue weighted by Gasteiger charge is 2.21. The van der Waals surface area contributed by atoms with E-state index in [1.165, 1.54) is 19.4 Å². The monoisotopic (exact) mass is 414 g/mol. The van der Waals surface area contributed by atoms with Gasteiger partial charge in [-0.3, -0.25) is 14.9 Å². The molecule has 0 aliphatic carbocycles. The van der Waals surface area contributed by atoms with Crippen molar-refractivity contribution in [3.8, 4) is 11.5 Å². The zero-order valence-corrected chi connectivity index (χ0v) is 16.4. The third-order valence-electron chi connectivity index (χ3n) is 4.38. The number of carbonyl (C=O) groups excluding carboxylic acids is 1. The summed E-state index contributed by atoms with van der Waals surface area (Å²) in [5, 5.41) is 15.3. The Balaban J connectivity index is 1.59. The third kappa shape index (κ3) is 5.45. The van der Waals surface area contributed by atoms with Crippen LogP contribution in [0.5, 0.6) is 11.5 Å². The summed E-state index contributed by atoms with van der Waals surface area (Å²) in [5.41, 5.74) is 3.34. The van der Waals surface area contributed by atoms with Crippen LogP contribution in [0.2, 0.25) is 0 Å². The van der Waals surface area contributed by atoms with Crippen LogP contribution in [-0.2, 0) is 9.53 Å². The number of nitrogens with one attached hydrogen (secondary N) is 1. The maximum Gasteiger partial charge on any atom is 0.293 e. The summed E-state index contributed by atoms with van der Waals surface area (Å²) in [4.78, 5) is 24.9. The lowest BCUT2D eigenvalue weighted by molar-refractivity contribution is -0.384. The summed E-state index contributed by atoms with van der Waals surface area (Å²) in [6, 6.07) is 11.8. The minimum atomic E-state index is -0.475. The van der Waals surface area contributed by atoms with Crippen LogP contribution in [0.1, 0.15) is 5.56 Å². The molecule has 1 N–H and O–H groups in total. The number of hydrogen-bond acceptors (Lipinski definition) is 8. The van der Waals surface area contributed by atoms with E-state index in [2.05, 4.69) is 10.5 Å². The van der Waals surface area contributed by atoms with E-state index in [-0.39, 0.29) is 12.3 Å². The lowest BCUT2D eigenvalue weighted by Crippen LogP contribution is -2.36. The molecule has 2 aromatic rings. The van der Waals surface area contributed by atoms with Crippen LogP contribution < -0.4 is 19.8 Å². The van der Waals surface area contributed by atoms with Crippen molar-refractivity contribution in [1.29, 1.82) is 0 Å². The first kappa shape index (κ1) is 21.1. The van der Waals surface area contributed by atoms with E-state index in [0.717, 1.165) is 0 Å². The standard InChI is InChI=1S/C20H22N4O6/c1-28-18-4-2-3-5-19(18)30-14-20(25)22-21-13-15-6-7-16(17(12-15)24(26)27)23-8-10-29-11-9-23/h2-7,12-13H,8-11,14H2,1H3,(H,22,25)/b21-13+. The number of morpholine rings is 1. The maximum atomic E-state index is 11.9. The number of para-hydroxylation sites is 2. The number of nitro benzene ring substituents is 1. The summed E-state index contributed by atoms with van der Waals surface area (Å²) < 4.78 is 15.9. The van der Waals surface area contributed by atoms with Crippen molar-refractivity contribution in [2.24, 2.45) is 5.10 Å². The van der Waals surface area contributed by atoms with Crippen molar-refractivity contribution in [3.05, 3.63) is 58.1 Å². The molecule has 0 aromatic heterocycles. The van der Waals surface area contributed by atoms with Crippen LogP contribution in [0.3, 0.4) is 0 Å². The summed E-state index contributed by atoms with van der Waals surface area (Å²) in [6.07, 6.45) is 1.34. The maximum absolute atomic E-state index is 11.9. The molecule has 0 spiro atoms. The van der Waals surface area contributed by atoms with Crippen molar-refractivity contribution < 1.29 is 23.9 Å². The molecule has 1 amide bonds. The van der Waals surface area contributed by atoms with Crippen LogP contribution in [0, 0.1) is 10.1 Å². The molecule has 1 heterocycles. The van der Waals surface area contributed by atoms with Crippen molar-refractivity contribution >= 4 is 23.5 Å². The number of methoxy groups -OCH3 is 1. The zero-order chi connectivity index (χ0) is 21.3. The smallest absolute Gasteiger partial charge is 0.293 e. The Bertz CT molecular complexity index is 927. The Morgan fingerprint density at radius 3 is 2.70 bits per heavy atom. The first-order valence-electron chi connectivity index (χ1n) is 9.27. The summed E-state index contributed by atoms with van der Waals surface area (Å²) in [6.45, 7) is 1.99. The lowest BCUT2D eigenvalue weighted by Gasteiger charge is -2.28. The van der Waals surface area contributed by atoms with Crippen molar-refractivity contribution in [2.75, 3.05) is 44.9 Å². The first-order chi connectivity index (χ1) is 14.6. The Morgan fingerprint density at radius 2 is 2.00 bits per heavy atom. The van der Waals surface area contributed by atoms with E-state index in [1.807, 2.05) is 4.90 Å². The predicted molar refractivity (Wildman–Crippen MR) is 110 cm³/mol. The van der Waals surface area contributed by atoms with E-state index >= 15 is 0 Å². The van der Waals surface area contributed by atoms with Crippen molar-refractivity contribution in [1.82, 2.24) is 5.43 Å². The molecule has 0 radical (unpaired) electrons. The fourth-order valence-corrected chi connectivity index (χ4v) is 2.93. The fourth-order valence-electron chi connectivity index (χ4n) is 2.93. The second-order valence-corrected chi connectivity index (χ2v) is 6.34. The largest absolute Gasteiger partial charge is 0.493 e. The Labute approximate surface area is 173 Å². The third-order valence-corrected chi connectivity index (χ3v) is 4.38. The Kier molecular flexibility index (Phi) is 7.17. The molecule has 10 heteroatoms. The van der Waals surface area contributed by atoms with Gasteiger partial charge in [0.1, 0.15) is 5.69 Å². The van der Waals surface area contributed by atoms with Gasteiger partial charge in [0, 0.05) is 24.7 Å². The number of nitro groups is 1. The molecule has 30 heavy (non-hydrogen) atoms. The van der Waals surface area contributed by atoms with Crippen LogP contribution in [-0.4, -0.2) is 57.1 Å². The molecular weight excluding hydrogens is 392 g/mol.